The number of aliphatic imine (C=N–C) groups is 1. The molecule has 0 saturated heterocycles. The maximum Gasteiger partial charge on any atom is 0.275 e. The van der Waals surface area contributed by atoms with Gasteiger partial charge in [-0.05, 0) is 38.1 Å². The minimum atomic E-state index is -0.607. The Morgan fingerprint density at radius 3 is 2.63 bits per heavy atom. The molecule has 2 aromatic heterocycles. The van der Waals surface area contributed by atoms with E-state index in [4.69, 9.17) is 0 Å². The summed E-state index contributed by atoms with van der Waals surface area (Å²) in [5.74, 6) is -1.16. The van der Waals surface area contributed by atoms with Gasteiger partial charge in [0.05, 0.1) is 40.9 Å². The second kappa shape index (κ2) is 7.59. The minimum absolute atomic E-state index is 0.185. The molecule has 2 atom stereocenters. The Kier molecular flexibility index (Phi) is 5.05. The van der Waals surface area contributed by atoms with E-state index in [1.165, 1.54) is 0 Å². The molecule has 0 spiro atoms. The van der Waals surface area contributed by atoms with Gasteiger partial charge in [-0.2, -0.15) is 10.5 Å². The fraction of sp³-hybridized carbons (Fsp3) is 0.200. The van der Waals surface area contributed by atoms with E-state index in [1.807, 2.05) is 0 Å². The summed E-state index contributed by atoms with van der Waals surface area (Å²) in [6, 6.07) is 14.5. The van der Waals surface area contributed by atoms with Crippen LogP contribution in [0.2, 0.25) is 0 Å². The second-order valence-corrected chi connectivity index (χ2v) is 6.07. The highest BCUT2D eigenvalue weighted by Crippen LogP contribution is 2.37. The van der Waals surface area contributed by atoms with Gasteiger partial charge in [-0.25, -0.2) is 9.97 Å². The zero-order valence-corrected chi connectivity index (χ0v) is 14.8. The highest BCUT2D eigenvalue weighted by molar-refractivity contribution is 6.02. The summed E-state index contributed by atoms with van der Waals surface area (Å²) in [5.41, 5.74) is 2.26. The Morgan fingerprint density at radius 1 is 1.15 bits per heavy atom. The number of hydrogen-bond acceptors (Lipinski definition) is 6. The van der Waals surface area contributed by atoms with Crippen molar-refractivity contribution >= 4 is 17.4 Å². The van der Waals surface area contributed by atoms with Gasteiger partial charge in [0.2, 0.25) is 0 Å². The van der Waals surface area contributed by atoms with Crippen LogP contribution in [-0.2, 0) is 0 Å². The predicted molar refractivity (Wildman–Crippen MR) is 99.7 cm³/mol. The van der Waals surface area contributed by atoms with Crippen LogP contribution in [0.1, 0.15) is 35.9 Å². The first-order chi connectivity index (χ1) is 13.0. The van der Waals surface area contributed by atoms with E-state index >= 15 is 0 Å². The van der Waals surface area contributed by atoms with Crippen LogP contribution < -0.4 is 5.32 Å². The standard InChI is InChI=1S/C20H16N6O/c1-12-14(10-21)19(15(11-22)13(2)24-12)16-6-5-7-17(25-16)20(27)26-18-8-3-4-9-23-18/h3-9,14,19H,1-2H3,(H,23,26,27). The fourth-order valence-corrected chi connectivity index (χ4v) is 3.03. The number of rotatable bonds is 3. The van der Waals surface area contributed by atoms with Crippen LogP contribution in [0.3, 0.4) is 0 Å². The van der Waals surface area contributed by atoms with E-state index in [0.717, 1.165) is 0 Å². The zero-order chi connectivity index (χ0) is 19.4. The average molecular weight is 356 g/mol. The first kappa shape index (κ1) is 18.0. The lowest BCUT2D eigenvalue weighted by Crippen LogP contribution is -2.26. The normalized spacial score (nSPS) is 18.9. The maximum atomic E-state index is 12.5. The molecule has 7 heteroatoms. The molecule has 0 aliphatic carbocycles. The molecule has 0 aromatic carbocycles. The highest BCUT2D eigenvalue weighted by atomic mass is 16.1. The molecule has 1 aliphatic heterocycles. The van der Waals surface area contributed by atoms with Crippen LogP contribution >= 0.6 is 0 Å². The van der Waals surface area contributed by atoms with E-state index < -0.39 is 17.7 Å². The Labute approximate surface area is 156 Å². The van der Waals surface area contributed by atoms with Crippen molar-refractivity contribution in [3.8, 4) is 12.1 Å². The molecule has 27 heavy (non-hydrogen) atoms. The second-order valence-electron chi connectivity index (χ2n) is 6.07. The number of carbonyl (C=O) groups is 1. The van der Waals surface area contributed by atoms with Gasteiger partial charge in [0.1, 0.15) is 11.5 Å². The lowest BCUT2D eigenvalue weighted by molar-refractivity contribution is 0.102. The summed E-state index contributed by atoms with van der Waals surface area (Å²) in [6.45, 7) is 3.50. The van der Waals surface area contributed by atoms with Gasteiger partial charge >= 0.3 is 0 Å². The van der Waals surface area contributed by atoms with Crippen LogP contribution in [0.5, 0.6) is 0 Å². The van der Waals surface area contributed by atoms with Crippen molar-refractivity contribution in [3.63, 3.8) is 0 Å². The van der Waals surface area contributed by atoms with Crippen LogP contribution in [0.25, 0.3) is 0 Å². The summed E-state index contributed by atoms with van der Waals surface area (Å²) in [5, 5.41) is 21.8. The number of nitrogens with one attached hydrogen (secondary N) is 1. The summed E-state index contributed by atoms with van der Waals surface area (Å²) in [6.07, 6.45) is 1.58. The molecule has 0 saturated carbocycles. The van der Waals surface area contributed by atoms with Gasteiger partial charge in [-0.3, -0.25) is 9.79 Å². The molecule has 0 bridgehead atoms. The van der Waals surface area contributed by atoms with Crippen molar-refractivity contribution < 1.29 is 4.79 Å². The average Bonchev–Trinajstić information content (AvgIpc) is 2.68. The Morgan fingerprint density at radius 2 is 1.96 bits per heavy atom. The van der Waals surface area contributed by atoms with Crippen molar-refractivity contribution in [1.29, 1.82) is 10.5 Å². The SMILES string of the molecule is CC1=NC(C)=C(C#N)C(c2cccc(C(=O)Nc3ccccn3)n2)C1C#N. The lowest BCUT2D eigenvalue weighted by Gasteiger charge is -2.26. The molecule has 3 rings (SSSR count). The summed E-state index contributed by atoms with van der Waals surface area (Å²) in [7, 11) is 0. The van der Waals surface area contributed by atoms with Crippen molar-refractivity contribution in [2.75, 3.05) is 5.32 Å². The van der Waals surface area contributed by atoms with Crippen molar-refractivity contribution in [3.05, 3.63) is 65.3 Å². The molecule has 132 valence electrons. The van der Waals surface area contributed by atoms with Gasteiger partial charge in [-0.1, -0.05) is 12.1 Å². The molecule has 1 aliphatic rings. The third kappa shape index (κ3) is 3.58. The number of carbonyl (C=O) groups excluding carboxylic acids is 1. The third-order valence-electron chi connectivity index (χ3n) is 4.32. The molecule has 2 unspecified atom stereocenters. The van der Waals surface area contributed by atoms with E-state index in [2.05, 4.69) is 32.4 Å². The van der Waals surface area contributed by atoms with Crippen molar-refractivity contribution in [2.45, 2.75) is 19.8 Å². The monoisotopic (exact) mass is 356 g/mol. The molecule has 0 radical (unpaired) electrons. The quantitative estimate of drug-likeness (QED) is 0.906. The molecule has 1 N–H and O–H groups in total. The Bertz CT molecular complexity index is 1030. The molecule has 3 heterocycles. The fourth-order valence-electron chi connectivity index (χ4n) is 3.03. The molecule has 1 amide bonds. The summed E-state index contributed by atoms with van der Waals surface area (Å²) >= 11 is 0. The number of aromatic nitrogens is 2. The van der Waals surface area contributed by atoms with E-state index in [9.17, 15) is 15.3 Å². The highest BCUT2D eigenvalue weighted by Gasteiger charge is 2.35. The van der Waals surface area contributed by atoms with Crippen LogP contribution in [0.15, 0.2) is 58.9 Å². The van der Waals surface area contributed by atoms with Crippen LogP contribution in [0, 0.1) is 28.6 Å². The largest absolute Gasteiger partial charge is 0.305 e. The van der Waals surface area contributed by atoms with Gasteiger partial charge in [-0.15, -0.1) is 0 Å². The molecular formula is C20H16N6O. The van der Waals surface area contributed by atoms with Crippen LogP contribution in [-0.4, -0.2) is 21.6 Å². The van der Waals surface area contributed by atoms with Gasteiger partial charge in [0.25, 0.3) is 5.91 Å². The smallest absolute Gasteiger partial charge is 0.275 e. The van der Waals surface area contributed by atoms with Crippen LogP contribution in [0.4, 0.5) is 5.82 Å². The Balaban J connectivity index is 1.97. The van der Waals surface area contributed by atoms with Crippen molar-refractivity contribution in [2.24, 2.45) is 10.9 Å². The number of hydrogen-bond donors (Lipinski definition) is 1. The van der Waals surface area contributed by atoms with E-state index in [-0.39, 0.29) is 5.69 Å². The number of nitrogens with zero attached hydrogens (tertiary/aromatic N) is 5. The minimum Gasteiger partial charge on any atom is -0.305 e. The first-order valence-electron chi connectivity index (χ1n) is 8.30. The maximum absolute atomic E-state index is 12.5. The molecule has 2 aromatic rings. The van der Waals surface area contributed by atoms with Crippen molar-refractivity contribution in [1.82, 2.24) is 9.97 Å². The third-order valence-corrected chi connectivity index (χ3v) is 4.32. The number of amides is 1. The van der Waals surface area contributed by atoms with E-state index in [1.54, 1.807) is 56.4 Å². The molecule has 7 nitrogen and oxygen atoms in total. The van der Waals surface area contributed by atoms with Gasteiger partial charge in [0, 0.05) is 11.9 Å². The number of allylic oxidation sites excluding steroid dienone is 2. The first-order valence-corrected chi connectivity index (χ1v) is 8.30. The number of pyridine rings is 2. The zero-order valence-electron chi connectivity index (χ0n) is 14.8. The number of nitriles is 2. The molecular weight excluding hydrogens is 340 g/mol. The number of anilines is 1. The summed E-state index contributed by atoms with van der Waals surface area (Å²) < 4.78 is 0. The van der Waals surface area contributed by atoms with Gasteiger partial charge in [0.15, 0.2) is 0 Å². The lowest BCUT2D eigenvalue weighted by atomic mass is 9.79. The topological polar surface area (TPSA) is 115 Å². The molecule has 0 fully saturated rings. The Hall–Kier alpha value is -3.84. The van der Waals surface area contributed by atoms with E-state index in [0.29, 0.717) is 28.5 Å². The summed E-state index contributed by atoms with van der Waals surface area (Å²) in [4.78, 5) is 25.3. The van der Waals surface area contributed by atoms with Gasteiger partial charge < -0.3 is 5.32 Å². The predicted octanol–water partition coefficient (Wildman–Crippen LogP) is 3.22.